The summed E-state index contributed by atoms with van der Waals surface area (Å²) in [5, 5.41) is 3.27. The highest BCUT2D eigenvalue weighted by molar-refractivity contribution is 7.89. The van der Waals surface area contributed by atoms with Crippen LogP contribution < -0.4 is 10.1 Å². The van der Waals surface area contributed by atoms with Crippen molar-refractivity contribution in [3.8, 4) is 5.75 Å². The number of benzene rings is 3. The summed E-state index contributed by atoms with van der Waals surface area (Å²) in [6, 6.07) is 21.3. The van der Waals surface area contributed by atoms with Crippen LogP contribution in [0.4, 0.5) is 5.69 Å². The molecule has 1 heterocycles. The van der Waals surface area contributed by atoms with Gasteiger partial charge in [0.25, 0.3) is 0 Å². The van der Waals surface area contributed by atoms with Crippen molar-refractivity contribution < 1.29 is 17.9 Å². The van der Waals surface area contributed by atoms with Crippen LogP contribution in [-0.2, 0) is 21.4 Å². The number of rotatable bonds is 7. The molecule has 1 aliphatic heterocycles. The molecule has 1 saturated heterocycles. The SMILES string of the molecule is O=C(Nc1ccc(OCc2ccccc2)cc1)[C@H]1CCCN(S(=O)(=O)c2cc(Cl)ccc2Cl)C1. The Labute approximate surface area is 209 Å². The average molecular weight is 519 g/mol. The molecular weight excluding hydrogens is 495 g/mol. The van der Waals surface area contributed by atoms with E-state index in [-0.39, 0.29) is 27.4 Å². The molecule has 0 spiro atoms. The zero-order valence-electron chi connectivity index (χ0n) is 18.3. The highest BCUT2D eigenvalue weighted by Gasteiger charge is 2.34. The van der Waals surface area contributed by atoms with Gasteiger partial charge in [-0.15, -0.1) is 0 Å². The van der Waals surface area contributed by atoms with E-state index in [0.29, 0.717) is 37.4 Å². The maximum atomic E-state index is 13.1. The van der Waals surface area contributed by atoms with Gasteiger partial charge < -0.3 is 10.1 Å². The Bertz CT molecular complexity index is 1250. The number of piperidine rings is 1. The van der Waals surface area contributed by atoms with Gasteiger partial charge in [0.2, 0.25) is 15.9 Å². The molecule has 4 rings (SSSR count). The zero-order valence-corrected chi connectivity index (χ0v) is 20.6. The van der Waals surface area contributed by atoms with Crippen LogP contribution in [-0.4, -0.2) is 31.7 Å². The normalized spacial score (nSPS) is 16.7. The highest BCUT2D eigenvalue weighted by Crippen LogP contribution is 2.31. The molecule has 3 aromatic rings. The van der Waals surface area contributed by atoms with Crippen LogP contribution in [0.25, 0.3) is 0 Å². The lowest BCUT2D eigenvalue weighted by Gasteiger charge is -2.31. The summed E-state index contributed by atoms with van der Waals surface area (Å²) < 4.78 is 33.3. The van der Waals surface area contributed by atoms with Gasteiger partial charge in [0.1, 0.15) is 17.3 Å². The van der Waals surface area contributed by atoms with Gasteiger partial charge in [-0.1, -0.05) is 53.5 Å². The van der Waals surface area contributed by atoms with Crippen molar-refractivity contribution in [1.29, 1.82) is 0 Å². The minimum Gasteiger partial charge on any atom is -0.489 e. The minimum absolute atomic E-state index is 0.0474. The summed E-state index contributed by atoms with van der Waals surface area (Å²) in [6.07, 6.45) is 1.17. The van der Waals surface area contributed by atoms with Crippen LogP contribution in [0.1, 0.15) is 18.4 Å². The quantitative estimate of drug-likeness (QED) is 0.440. The van der Waals surface area contributed by atoms with E-state index in [1.807, 2.05) is 30.3 Å². The molecule has 1 atom stereocenters. The summed E-state index contributed by atoms with van der Waals surface area (Å²) in [5.41, 5.74) is 1.69. The first kappa shape index (κ1) is 24.5. The second-order valence-corrected chi connectivity index (χ2v) is 10.8. The molecule has 0 bridgehead atoms. The second kappa shape index (κ2) is 10.8. The molecule has 178 valence electrons. The Morgan fingerprint density at radius 1 is 1.03 bits per heavy atom. The van der Waals surface area contributed by atoms with E-state index in [4.69, 9.17) is 27.9 Å². The summed E-state index contributed by atoms with van der Waals surface area (Å²) in [7, 11) is -3.87. The lowest BCUT2D eigenvalue weighted by molar-refractivity contribution is -0.120. The minimum atomic E-state index is -3.87. The van der Waals surface area contributed by atoms with E-state index in [9.17, 15) is 13.2 Å². The van der Waals surface area contributed by atoms with Crippen LogP contribution in [0.15, 0.2) is 77.7 Å². The Hall–Kier alpha value is -2.58. The number of hydrogen-bond acceptors (Lipinski definition) is 4. The maximum Gasteiger partial charge on any atom is 0.244 e. The standard InChI is InChI=1S/C25H24Cl2N2O4S/c26-20-8-13-23(27)24(15-20)34(31,32)29-14-4-7-19(16-29)25(30)28-21-9-11-22(12-10-21)33-17-18-5-2-1-3-6-18/h1-3,5-6,8-13,15,19H,4,7,14,16-17H2,(H,28,30)/t19-/m0/s1. The fourth-order valence-electron chi connectivity index (χ4n) is 3.81. The Morgan fingerprint density at radius 2 is 1.76 bits per heavy atom. The number of anilines is 1. The van der Waals surface area contributed by atoms with Crippen molar-refractivity contribution in [2.75, 3.05) is 18.4 Å². The number of amides is 1. The highest BCUT2D eigenvalue weighted by atomic mass is 35.5. The summed E-state index contributed by atoms with van der Waals surface area (Å²) in [6.45, 7) is 0.854. The van der Waals surface area contributed by atoms with E-state index in [2.05, 4.69) is 5.32 Å². The molecule has 6 nitrogen and oxygen atoms in total. The predicted molar refractivity (Wildman–Crippen MR) is 134 cm³/mol. The number of nitrogens with zero attached hydrogens (tertiary/aromatic N) is 1. The summed E-state index contributed by atoms with van der Waals surface area (Å²) in [5.74, 6) is -0.0132. The van der Waals surface area contributed by atoms with Gasteiger partial charge >= 0.3 is 0 Å². The number of carbonyl (C=O) groups is 1. The number of hydrogen-bond donors (Lipinski definition) is 1. The first-order valence-corrected chi connectivity index (χ1v) is 13.1. The third kappa shape index (κ3) is 5.91. The topological polar surface area (TPSA) is 75.7 Å². The number of nitrogens with one attached hydrogen (secondary N) is 1. The van der Waals surface area contributed by atoms with Gasteiger partial charge in [-0.2, -0.15) is 4.31 Å². The molecule has 0 aromatic heterocycles. The van der Waals surface area contributed by atoms with Gasteiger partial charge in [0, 0.05) is 23.8 Å². The predicted octanol–water partition coefficient (Wildman–Crippen LogP) is 5.61. The van der Waals surface area contributed by atoms with Crippen LogP contribution in [0, 0.1) is 5.92 Å². The van der Waals surface area contributed by atoms with E-state index in [1.165, 1.54) is 22.5 Å². The number of halogens is 2. The number of ether oxygens (including phenoxy) is 1. The van der Waals surface area contributed by atoms with Crippen LogP contribution in [0.3, 0.4) is 0 Å². The molecule has 9 heteroatoms. The molecule has 1 amide bonds. The van der Waals surface area contributed by atoms with E-state index in [0.717, 1.165) is 5.56 Å². The molecule has 1 N–H and O–H groups in total. The van der Waals surface area contributed by atoms with Crippen LogP contribution in [0.5, 0.6) is 5.75 Å². The zero-order chi connectivity index (χ0) is 24.1. The fourth-order valence-corrected chi connectivity index (χ4v) is 6.07. The first-order valence-electron chi connectivity index (χ1n) is 10.9. The molecule has 3 aromatic carbocycles. The van der Waals surface area contributed by atoms with Crippen molar-refractivity contribution in [1.82, 2.24) is 4.31 Å². The third-order valence-electron chi connectivity index (χ3n) is 5.64. The van der Waals surface area contributed by atoms with E-state index in [1.54, 1.807) is 24.3 Å². The largest absolute Gasteiger partial charge is 0.489 e. The lowest BCUT2D eigenvalue weighted by atomic mass is 9.99. The van der Waals surface area contributed by atoms with Crippen molar-refractivity contribution in [2.45, 2.75) is 24.3 Å². The third-order valence-corrected chi connectivity index (χ3v) is 8.22. The molecule has 34 heavy (non-hydrogen) atoms. The van der Waals surface area contributed by atoms with Crippen molar-refractivity contribution in [3.63, 3.8) is 0 Å². The molecule has 0 unspecified atom stereocenters. The maximum absolute atomic E-state index is 13.1. The van der Waals surface area contributed by atoms with Crippen molar-refractivity contribution >= 4 is 44.8 Å². The van der Waals surface area contributed by atoms with Crippen LogP contribution >= 0.6 is 23.2 Å². The molecule has 0 radical (unpaired) electrons. The lowest BCUT2D eigenvalue weighted by Crippen LogP contribution is -2.43. The Balaban J connectivity index is 1.37. The second-order valence-electron chi connectivity index (χ2n) is 8.06. The molecule has 1 aliphatic rings. The van der Waals surface area contributed by atoms with Crippen molar-refractivity contribution in [2.24, 2.45) is 5.92 Å². The first-order chi connectivity index (χ1) is 16.3. The summed E-state index contributed by atoms with van der Waals surface area (Å²) in [4.78, 5) is 12.8. The Kier molecular flexibility index (Phi) is 7.78. The molecule has 1 fully saturated rings. The Morgan fingerprint density at radius 3 is 2.50 bits per heavy atom. The summed E-state index contributed by atoms with van der Waals surface area (Å²) >= 11 is 12.1. The van der Waals surface area contributed by atoms with Gasteiger partial charge in [0.15, 0.2) is 0 Å². The van der Waals surface area contributed by atoms with Gasteiger partial charge in [-0.05, 0) is 60.9 Å². The average Bonchev–Trinajstić information content (AvgIpc) is 2.85. The molecule has 0 saturated carbocycles. The fraction of sp³-hybridized carbons (Fsp3) is 0.240. The number of sulfonamides is 1. The van der Waals surface area contributed by atoms with Gasteiger partial charge in [-0.25, -0.2) is 8.42 Å². The monoisotopic (exact) mass is 518 g/mol. The molecular formula is C25H24Cl2N2O4S. The van der Waals surface area contributed by atoms with Crippen molar-refractivity contribution in [3.05, 3.63) is 88.4 Å². The van der Waals surface area contributed by atoms with Crippen LogP contribution in [0.2, 0.25) is 10.0 Å². The van der Waals surface area contributed by atoms with E-state index >= 15 is 0 Å². The number of carbonyl (C=O) groups excluding carboxylic acids is 1. The van der Waals surface area contributed by atoms with Gasteiger partial charge in [-0.3, -0.25) is 4.79 Å². The molecule has 0 aliphatic carbocycles. The smallest absolute Gasteiger partial charge is 0.244 e. The van der Waals surface area contributed by atoms with Gasteiger partial charge in [0.05, 0.1) is 10.9 Å². The van der Waals surface area contributed by atoms with E-state index < -0.39 is 15.9 Å².